The second-order valence-corrected chi connectivity index (χ2v) is 11.6. The van der Waals surface area contributed by atoms with Crippen LogP contribution >= 0.6 is 0 Å². The van der Waals surface area contributed by atoms with Crippen molar-refractivity contribution in [3.05, 3.63) is 23.9 Å². The van der Waals surface area contributed by atoms with Gasteiger partial charge in [0, 0.05) is 38.4 Å². The van der Waals surface area contributed by atoms with Gasteiger partial charge < -0.3 is 15.0 Å². The van der Waals surface area contributed by atoms with Crippen molar-refractivity contribution in [1.82, 2.24) is 20.7 Å². The minimum absolute atomic E-state index is 0.0230. The van der Waals surface area contributed by atoms with E-state index in [2.05, 4.69) is 15.2 Å². The van der Waals surface area contributed by atoms with Gasteiger partial charge in [-0.05, 0) is 75.8 Å². The molecule has 4 saturated carbocycles. The molecule has 2 heterocycles. The number of carbonyl (C=O) groups is 2. The van der Waals surface area contributed by atoms with Gasteiger partial charge >= 0.3 is 12.3 Å². The molecule has 2 atom stereocenters. The van der Waals surface area contributed by atoms with Crippen molar-refractivity contribution in [2.45, 2.75) is 69.3 Å². The van der Waals surface area contributed by atoms with Crippen molar-refractivity contribution in [3.8, 4) is 0 Å². The fraction of sp³-hybridized carbons (Fsp3) is 0.720. The van der Waals surface area contributed by atoms with Crippen molar-refractivity contribution in [2.75, 3.05) is 31.1 Å². The van der Waals surface area contributed by atoms with Crippen molar-refractivity contribution >= 4 is 17.8 Å². The molecule has 9 nitrogen and oxygen atoms in total. The third-order valence-corrected chi connectivity index (χ3v) is 8.94. The van der Waals surface area contributed by atoms with Gasteiger partial charge in [0.2, 0.25) is 5.91 Å². The van der Waals surface area contributed by atoms with E-state index < -0.39 is 29.0 Å². The Morgan fingerprint density at radius 3 is 2.27 bits per heavy atom. The predicted molar refractivity (Wildman–Crippen MR) is 127 cm³/mol. The molecule has 3 N–H and O–H groups in total. The lowest BCUT2D eigenvalue weighted by Gasteiger charge is -2.59. The van der Waals surface area contributed by atoms with Crippen LogP contribution in [0.1, 0.15) is 51.5 Å². The second kappa shape index (κ2) is 9.30. The molecule has 204 valence electrons. The first-order chi connectivity index (χ1) is 17.4. The van der Waals surface area contributed by atoms with E-state index in [1.54, 1.807) is 5.48 Å². The molecule has 0 radical (unpaired) electrons. The first-order valence-electron chi connectivity index (χ1n) is 12.9. The Bertz CT molecular complexity index is 1010. The molecular weight excluding hydrogens is 491 g/mol. The fourth-order valence-corrected chi connectivity index (χ4v) is 7.24. The average Bonchev–Trinajstić information content (AvgIpc) is 2.85. The van der Waals surface area contributed by atoms with Gasteiger partial charge in [-0.15, -0.1) is 0 Å². The molecule has 12 heteroatoms. The number of anilines is 1. The highest BCUT2D eigenvalue weighted by Crippen LogP contribution is 2.57. The highest BCUT2D eigenvalue weighted by atomic mass is 19.4. The quantitative estimate of drug-likeness (QED) is 0.401. The molecule has 2 amide bonds. The Labute approximate surface area is 213 Å². The largest absolute Gasteiger partial charge is 0.441 e. The smallest absolute Gasteiger partial charge is 0.431 e. The number of amides is 2. The van der Waals surface area contributed by atoms with Crippen molar-refractivity contribution < 1.29 is 32.7 Å². The Morgan fingerprint density at radius 1 is 1.08 bits per heavy atom. The summed E-state index contributed by atoms with van der Waals surface area (Å²) in [6.45, 7) is 6.07. The number of aromatic nitrogens is 1. The number of ether oxygens (including phenoxy) is 1. The van der Waals surface area contributed by atoms with Crippen molar-refractivity contribution in [1.29, 1.82) is 0 Å². The Hall–Kier alpha value is -2.60. The summed E-state index contributed by atoms with van der Waals surface area (Å²) in [4.78, 5) is 33.3. The molecule has 0 aromatic carbocycles. The summed E-state index contributed by atoms with van der Waals surface area (Å²) in [5, 5.41) is 12.2. The van der Waals surface area contributed by atoms with Crippen LogP contribution in [0.2, 0.25) is 0 Å². The third kappa shape index (κ3) is 4.97. The number of hydrogen-bond donors (Lipinski definition) is 3. The van der Waals surface area contributed by atoms with E-state index in [1.165, 1.54) is 6.07 Å². The molecule has 1 saturated heterocycles. The van der Waals surface area contributed by atoms with Crippen LogP contribution in [0.4, 0.5) is 23.8 Å². The van der Waals surface area contributed by atoms with Gasteiger partial charge in [-0.2, -0.15) is 13.2 Å². The van der Waals surface area contributed by atoms with Crippen LogP contribution in [0.15, 0.2) is 18.3 Å². The number of piperazine rings is 1. The fourth-order valence-electron chi connectivity index (χ4n) is 7.24. The molecule has 37 heavy (non-hydrogen) atoms. The number of nitrogens with one attached hydrogen (secondary N) is 2. The molecule has 5 aliphatic rings. The lowest BCUT2D eigenvalue weighted by Crippen LogP contribution is -2.67. The third-order valence-electron chi connectivity index (χ3n) is 8.94. The van der Waals surface area contributed by atoms with E-state index in [1.807, 2.05) is 18.7 Å². The molecule has 5 fully saturated rings. The monoisotopic (exact) mass is 525 g/mol. The predicted octanol–water partition coefficient (Wildman–Crippen LogP) is 3.18. The average molecular weight is 526 g/mol. The van der Waals surface area contributed by atoms with Crippen LogP contribution in [0.25, 0.3) is 0 Å². The number of hydrogen-bond acceptors (Lipinski definition) is 7. The van der Waals surface area contributed by atoms with Crippen molar-refractivity contribution in [3.63, 3.8) is 0 Å². The lowest BCUT2D eigenvalue weighted by molar-refractivity contribution is -0.154. The van der Waals surface area contributed by atoms with Crippen LogP contribution in [0, 0.1) is 17.8 Å². The molecule has 4 aliphatic carbocycles. The highest BCUT2D eigenvalue weighted by molar-refractivity contribution is 5.85. The number of hydroxylamine groups is 1. The van der Waals surface area contributed by atoms with Gasteiger partial charge in [-0.1, -0.05) is 0 Å². The number of nitrogens with zero attached hydrogens (tertiary/aromatic N) is 3. The summed E-state index contributed by atoms with van der Waals surface area (Å²) in [6.07, 6.45) is -0.239. The van der Waals surface area contributed by atoms with Crippen molar-refractivity contribution in [2.24, 2.45) is 17.8 Å². The van der Waals surface area contributed by atoms with Gasteiger partial charge in [0.15, 0.2) is 0 Å². The summed E-state index contributed by atoms with van der Waals surface area (Å²) in [6, 6.07) is 2.46. The van der Waals surface area contributed by atoms with E-state index in [9.17, 15) is 22.8 Å². The van der Waals surface area contributed by atoms with E-state index in [4.69, 9.17) is 9.94 Å². The van der Waals surface area contributed by atoms with E-state index in [0.29, 0.717) is 50.8 Å². The number of pyridine rings is 1. The summed E-state index contributed by atoms with van der Waals surface area (Å²) < 4.78 is 44.1. The van der Waals surface area contributed by atoms with E-state index in [0.717, 1.165) is 31.5 Å². The maximum atomic E-state index is 13.5. The zero-order valence-corrected chi connectivity index (χ0v) is 21.1. The normalized spacial score (nSPS) is 31.8. The lowest BCUT2D eigenvalue weighted by atomic mass is 9.52. The molecule has 1 aliphatic heterocycles. The molecule has 0 spiro atoms. The van der Waals surface area contributed by atoms with Crippen LogP contribution in [0.5, 0.6) is 0 Å². The number of carbonyl (C=O) groups excluding carboxylic acids is 2. The van der Waals surface area contributed by atoms with Gasteiger partial charge in [-0.3, -0.25) is 14.9 Å². The Kier molecular flexibility index (Phi) is 6.54. The molecule has 2 unspecified atom stereocenters. The zero-order valence-electron chi connectivity index (χ0n) is 21.1. The molecule has 1 aromatic rings. The second-order valence-electron chi connectivity index (χ2n) is 11.6. The summed E-state index contributed by atoms with van der Waals surface area (Å²) in [5.41, 5.74) is -0.530. The summed E-state index contributed by atoms with van der Waals surface area (Å²) in [7, 11) is 0. The number of alkyl halides is 3. The Balaban J connectivity index is 1.18. The SMILES string of the molecule is CC(C)(C(=O)NC1C2CC3CC1CC(OC(=O)NO)(C3)C2)N1CCN(c2ccc(C(F)(F)F)cn2)CC1. The first kappa shape index (κ1) is 26.0. The molecule has 6 rings (SSSR count). The van der Waals surface area contributed by atoms with Crippen LogP contribution in [-0.2, 0) is 15.7 Å². The van der Waals surface area contributed by atoms with Crippen LogP contribution < -0.4 is 15.7 Å². The summed E-state index contributed by atoms with van der Waals surface area (Å²) >= 11 is 0. The van der Waals surface area contributed by atoms with Gasteiger partial charge in [0.25, 0.3) is 0 Å². The topological polar surface area (TPSA) is 107 Å². The van der Waals surface area contributed by atoms with Crippen LogP contribution in [-0.4, -0.2) is 70.5 Å². The van der Waals surface area contributed by atoms with E-state index >= 15 is 0 Å². The minimum Gasteiger partial charge on any atom is -0.441 e. The summed E-state index contributed by atoms with van der Waals surface area (Å²) in [5.74, 6) is 1.35. The van der Waals surface area contributed by atoms with E-state index in [-0.39, 0.29) is 23.8 Å². The maximum Gasteiger partial charge on any atom is 0.431 e. The van der Waals surface area contributed by atoms with Gasteiger partial charge in [0.05, 0.1) is 11.1 Å². The first-order valence-corrected chi connectivity index (χ1v) is 12.9. The Morgan fingerprint density at radius 2 is 1.73 bits per heavy atom. The molecular formula is C25H34F3N5O4. The highest BCUT2D eigenvalue weighted by Gasteiger charge is 2.58. The minimum atomic E-state index is -4.42. The van der Waals surface area contributed by atoms with Gasteiger partial charge in [-0.25, -0.2) is 15.3 Å². The van der Waals surface area contributed by atoms with Crippen LogP contribution in [0.3, 0.4) is 0 Å². The van der Waals surface area contributed by atoms with Gasteiger partial charge in [0.1, 0.15) is 11.4 Å². The molecule has 1 aromatic heterocycles. The standard InChI is InChI=1S/C25H34F3N5O4/c1-23(2,33-7-5-32(6-8-33)19-4-3-18(14-29-19)25(26,27)28)21(34)30-20-16-9-15-10-17(20)13-24(11-15,12-16)37-22(35)31-36/h3-4,14-17,20,36H,5-13H2,1-2H3,(H,30,34)(H,31,35). The number of halogens is 3. The maximum absolute atomic E-state index is 13.5. The molecule has 4 bridgehead atoms. The zero-order chi connectivity index (χ0) is 26.6. The number of rotatable bonds is 5.